The Balaban J connectivity index is 2.48. The molecule has 0 bridgehead atoms. The first-order valence-electron chi connectivity index (χ1n) is 10.5. The van der Waals surface area contributed by atoms with Crippen molar-refractivity contribution in [3.63, 3.8) is 0 Å². The van der Waals surface area contributed by atoms with Gasteiger partial charge in [-0.05, 0) is 36.2 Å². The topological polar surface area (TPSA) is 52.7 Å². The molecule has 2 aromatic carbocycles. The van der Waals surface area contributed by atoms with Crippen LogP contribution < -0.4 is 10.2 Å². The molecular formula is C25H35N3O2. The number of carbonyl (C=O) groups is 2. The molecule has 1 N–H and O–H groups in total. The molecule has 5 heteroatoms. The molecule has 0 aliphatic rings. The molecular weight excluding hydrogens is 374 g/mol. The van der Waals surface area contributed by atoms with Gasteiger partial charge < -0.3 is 15.1 Å². The molecule has 5 nitrogen and oxygen atoms in total. The molecule has 0 aliphatic carbocycles. The van der Waals surface area contributed by atoms with Crippen LogP contribution in [0.25, 0.3) is 0 Å². The summed E-state index contributed by atoms with van der Waals surface area (Å²) in [6.45, 7) is 10.2. The lowest BCUT2D eigenvalue weighted by atomic mass is 9.92. The Kier molecular flexibility index (Phi) is 7.65. The molecule has 2 aromatic rings. The van der Waals surface area contributed by atoms with Crippen molar-refractivity contribution in [2.24, 2.45) is 5.41 Å². The number of hydrogen-bond acceptors (Lipinski definition) is 3. The summed E-state index contributed by atoms with van der Waals surface area (Å²) in [5.41, 5.74) is 3.36. The van der Waals surface area contributed by atoms with Crippen molar-refractivity contribution in [3.05, 3.63) is 59.7 Å². The molecule has 2 amide bonds. The molecule has 0 saturated heterocycles. The second-order valence-electron chi connectivity index (χ2n) is 8.91. The van der Waals surface area contributed by atoms with Crippen LogP contribution in [0.2, 0.25) is 0 Å². The van der Waals surface area contributed by atoms with E-state index in [1.807, 2.05) is 88.0 Å². The van der Waals surface area contributed by atoms with Crippen LogP contribution in [-0.4, -0.2) is 30.8 Å². The molecule has 0 unspecified atom stereocenters. The molecule has 0 aliphatic heterocycles. The quantitative estimate of drug-likeness (QED) is 0.681. The number of nitrogens with one attached hydrogen (secondary N) is 1. The number of carbonyl (C=O) groups excluding carboxylic acids is 2. The summed E-state index contributed by atoms with van der Waals surface area (Å²) in [5.74, 6) is 0.0605. The summed E-state index contributed by atoms with van der Waals surface area (Å²) in [4.78, 5) is 29.3. The first-order chi connectivity index (χ1) is 14.0. The van der Waals surface area contributed by atoms with Gasteiger partial charge >= 0.3 is 0 Å². The van der Waals surface area contributed by atoms with Gasteiger partial charge in [0, 0.05) is 43.9 Å². The maximum absolute atomic E-state index is 13.4. The Labute approximate surface area is 181 Å². The van der Waals surface area contributed by atoms with Crippen LogP contribution in [0.4, 0.5) is 11.4 Å². The Morgan fingerprint density at radius 1 is 1.03 bits per heavy atom. The predicted octanol–water partition coefficient (Wildman–Crippen LogP) is 5.24. The van der Waals surface area contributed by atoms with Gasteiger partial charge in [-0.15, -0.1) is 0 Å². The average Bonchev–Trinajstić information content (AvgIpc) is 2.70. The summed E-state index contributed by atoms with van der Waals surface area (Å²) in [5, 5.41) is 2.93. The third kappa shape index (κ3) is 5.85. The summed E-state index contributed by atoms with van der Waals surface area (Å²) < 4.78 is 0. The Morgan fingerprint density at radius 3 is 2.20 bits per heavy atom. The van der Waals surface area contributed by atoms with Crippen LogP contribution in [0.15, 0.2) is 48.5 Å². The van der Waals surface area contributed by atoms with Gasteiger partial charge in [-0.3, -0.25) is 9.59 Å². The fourth-order valence-electron chi connectivity index (χ4n) is 3.39. The highest BCUT2D eigenvalue weighted by atomic mass is 16.2. The smallest absolute Gasteiger partial charge is 0.228 e. The number of amides is 2. The Morgan fingerprint density at radius 2 is 1.67 bits per heavy atom. The molecule has 0 aromatic heterocycles. The van der Waals surface area contributed by atoms with E-state index in [-0.39, 0.29) is 17.9 Å². The maximum atomic E-state index is 13.4. The normalized spacial score (nSPS) is 12.2. The van der Waals surface area contributed by atoms with Crippen molar-refractivity contribution < 1.29 is 9.59 Å². The van der Waals surface area contributed by atoms with Gasteiger partial charge in [0.05, 0.1) is 6.04 Å². The molecule has 0 heterocycles. The molecule has 0 spiro atoms. The zero-order valence-electron chi connectivity index (χ0n) is 19.3. The van der Waals surface area contributed by atoms with Crippen LogP contribution in [0.3, 0.4) is 0 Å². The van der Waals surface area contributed by atoms with Crippen LogP contribution in [0.1, 0.15) is 58.2 Å². The van der Waals surface area contributed by atoms with Crippen molar-refractivity contribution in [1.29, 1.82) is 0 Å². The molecule has 162 valence electrons. The van der Waals surface area contributed by atoms with E-state index >= 15 is 0 Å². The second-order valence-corrected chi connectivity index (χ2v) is 8.91. The number of rotatable bonds is 7. The predicted molar refractivity (Wildman–Crippen MR) is 125 cm³/mol. The summed E-state index contributed by atoms with van der Waals surface area (Å²) >= 11 is 0. The fraction of sp³-hybridized carbons (Fsp3) is 0.440. The minimum Gasteiger partial charge on any atom is -0.377 e. The average molecular weight is 410 g/mol. The first-order valence-corrected chi connectivity index (χ1v) is 10.5. The molecule has 2 rings (SSSR count). The van der Waals surface area contributed by atoms with Gasteiger partial charge in [-0.2, -0.15) is 0 Å². The molecule has 0 fully saturated rings. The van der Waals surface area contributed by atoms with E-state index in [2.05, 4.69) is 24.4 Å². The number of anilines is 2. The maximum Gasteiger partial charge on any atom is 0.228 e. The van der Waals surface area contributed by atoms with Crippen molar-refractivity contribution >= 4 is 23.2 Å². The number of nitrogens with zero attached hydrogens (tertiary/aromatic N) is 2. The number of benzene rings is 2. The fourth-order valence-corrected chi connectivity index (χ4v) is 3.39. The monoisotopic (exact) mass is 409 g/mol. The van der Waals surface area contributed by atoms with Gasteiger partial charge in [0.25, 0.3) is 0 Å². The Bertz CT molecular complexity index is 870. The minimum atomic E-state index is -0.505. The standard InChI is InChI=1S/C25H35N3O2/c1-8-23(29)26-21-14-15-22(27(6)7)20(16-21)17-28(24(30)25(3,4)5)18(2)19-12-10-9-11-13-19/h9-16,18H,8,17H2,1-7H3,(H,26,29)/t18-/m0/s1. The van der Waals surface area contributed by atoms with E-state index < -0.39 is 5.41 Å². The van der Waals surface area contributed by atoms with E-state index in [1.165, 1.54) is 0 Å². The summed E-state index contributed by atoms with van der Waals surface area (Å²) in [6.07, 6.45) is 0.421. The van der Waals surface area contributed by atoms with Crippen LogP contribution >= 0.6 is 0 Å². The minimum absolute atomic E-state index is 0.0289. The van der Waals surface area contributed by atoms with Crippen LogP contribution in [0.5, 0.6) is 0 Å². The lowest BCUT2D eigenvalue weighted by molar-refractivity contribution is -0.142. The van der Waals surface area contributed by atoms with E-state index in [1.54, 1.807) is 0 Å². The Hall–Kier alpha value is -2.82. The van der Waals surface area contributed by atoms with Crippen molar-refractivity contribution in [2.45, 2.75) is 53.6 Å². The third-order valence-corrected chi connectivity index (χ3v) is 5.16. The van der Waals surface area contributed by atoms with Gasteiger partial charge in [-0.25, -0.2) is 0 Å². The van der Waals surface area contributed by atoms with Crippen molar-refractivity contribution in [2.75, 3.05) is 24.3 Å². The third-order valence-electron chi connectivity index (χ3n) is 5.16. The van der Waals surface area contributed by atoms with E-state index in [4.69, 9.17) is 0 Å². The van der Waals surface area contributed by atoms with E-state index in [9.17, 15) is 9.59 Å². The molecule has 30 heavy (non-hydrogen) atoms. The van der Waals surface area contributed by atoms with Crippen LogP contribution in [0, 0.1) is 5.41 Å². The number of hydrogen-bond donors (Lipinski definition) is 1. The summed E-state index contributed by atoms with van der Waals surface area (Å²) in [6, 6.07) is 15.9. The van der Waals surface area contributed by atoms with Crippen molar-refractivity contribution in [3.8, 4) is 0 Å². The largest absolute Gasteiger partial charge is 0.377 e. The molecule has 0 radical (unpaired) electrons. The zero-order chi connectivity index (χ0) is 22.5. The van der Waals surface area contributed by atoms with Gasteiger partial charge in [-0.1, -0.05) is 58.0 Å². The van der Waals surface area contributed by atoms with Crippen LogP contribution in [-0.2, 0) is 16.1 Å². The van der Waals surface area contributed by atoms with Crippen molar-refractivity contribution in [1.82, 2.24) is 4.90 Å². The molecule has 0 saturated carbocycles. The first kappa shape index (κ1) is 23.5. The van der Waals surface area contributed by atoms with Gasteiger partial charge in [0.1, 0.15) is 0 Å². The highest BCUT2D eigenvalue weighted by Gasteiger charge is 2.31. The molecule has 1 atom stereocenters. The summed E-state index contributed by atoms with van der Waals surface area (Å²) in [7, 11) is 3.97. The highest BCUT2D eigenvalue weighted by Crippen LogP contribution is 2.32. The van der Waals surface area contributed by atoms with Gasteiger partial charge in [0.15, 0.2) is 0 Å². The SMILES string of the molecule is CCC(=O)Nc1ccc(N(C)C)c(CN(C(=O)C(C)(C)C)[C@@H](C)c2ccccc2)c1. The van der Waals surface area contributed by atoms with E-state index in [0.29, 0.717) is 13.0 Å². The van der Waals surface area contributed by atoms with Gasteiger partial charge in [0.2, 0.25) is 11.8 Å². The lowest BCUT2D eigenvalue weighted by Gasteiger charge is -2.35. The zero-order valence-corrected chi connectivity index (χ0v) is 19.3. The lowest BCUT2D eigenvalue weighted by Crippen LogP contribution is -2.40. The second kappa shape index (κ2) is 9.79. The van der Waals surface area contributed by atoms with E-state index in [0.717, 1.165) is 22.5 Å². The highest BCUT2D eigenvalue weighted by molar-refractivity contribution is 5.91.